The van der Waals surface area contributed by atoms with Crippen molar-refractivity contribution in [3.8, 4) is 5.69 Å². The van der Waals surface area contributed by atoms with Crippen LogP contribution < -0.4 is 5.73 Å². The topological polar surface area (TPSA) is 56.7 Å². The van der Waals surface area contributed by atoms with Gasteiger partial charge in [-0.1, -0.05) is 29.3 Å². The first-order valence-electron chi connectivity index (χ1n) is 5.63. The number of hydrogen-bond donors (Lipinski definition) is 1. The highest BCUT2D eigenvalue weighted by Crippen LogP contribution is 2.25. The van der Waals surface area contributed by atoms with Crippen LogP contribution in [0.4, 0.5) is 5.69 Å². The van der Waals surface area contributed by atoms with Crippen LogP contribution in [0.5, 0.6) is 0 Å². The van der Waals surface area contributed by atoms with Gasteiger partial charge in [-0.3, -0.25) is 0 Å². The number of benzene rings is 2. The molecule has 2 aromatic carbocycles. The van der Waals surface area contributed by atoms with Crippen LogP contribution >= 0.6 is 23.2 Å². The third-order valence-electron chi connectivity index (χ3n) is 2.89. The van der Waals surface area contributed by atoms with Gasteiger partial charge in [0, 0.05) is 5.02 Å². The molecule has 0 amide bonds. The van der Waals surface area contributed by atoms with E-state index in [-0.39, 0.29) is 0 Å². The first kappa shape index (κ1) is 12.3. The summed E-state index contributed by atoms with van der Waals surface area (Å²) in [5.41, 5.74) is 9.42. The second-order valence-electron chi connectivity index (χ2n) is 4.29. The number of anilines is 1. The second kappa shape index (κ2) is 4.40. The van der Waals surface area contributed by atoms with Gasteiger partial charge < -0.3 is 5.73 Å². The lowest BCUT2D eigenvalue weighted by molar-refractivity contribution is 0.765. The Morgan fingerprint density at radius 1 is 1.00 bits per heavy atom. The molecule has 0 aliphatic rings. The van der Waals surface area contributed by atoms with E-state index >= 15 is 0 Å². The average Bonchev–Trinajstić information content (AvgIpc) is 2.76. The van der Waals surface area contributed by atoms with Gasteiger partial charge >= 0.3 is 0 Å². The Labute approximate surface area is 119 Å². The molecule has 0 atom stereocenters. The highest BCUT2D eigenvalue weighted by Gasteiger charge is 2.08. The predicted octanol–water partition coefficient (Wildman–Crippen LogP) is 3.62. The Morgan fingerprint density at radius 2 is 1.68 bits per heavy atom. The van der Waals surface area contributed by atoms with Gasteiger partial charge in [-0.2, -0.15) is 4.80 Å². The standard InChI is InChI=1S/C13H10Cl2N4/c1-7-2-3-8(4-9(7)14)19-17-12-5-10(15)11(16)6-13(12)18-19/h2-6H,16H2,1H3. The summed E-state index contributed by atoms with van der Waals surface area (Å²) >= 11 is 12.1. The van der Waals surface area contributed by atoms with Crippen molar-refractivity contribution in [3.05, 3.63) is 45.9 Å². The van der Waals surface area contributed by atoms with Crippen molar-refractivity contribution in [1.82, 2.24) is 15.0 Å². The predicted molar refractivity (Wildman–Crippen MR) is 78.0 cm³/mol. The van der Waals surface area contributed by atoms with Crippen molar-refractivity contribution in [2.45, 2.75) is 6.92 Å². The molecule has 2 N–H and O–H groups in total. The molecule has 0 unspecified atom stereocenters. The number of aryl methyl sites for hydroxylation is 1. The number of nitrogens with zero attached hydrogens (tertiary/aromatic N) is 3. The average molecular weight is 293 g/mol. The third kappa shape index (κ3) is 2.13. The summed E-state index contributed by atoms with van der Waals surface area (Å²) in [6.07, 6.45) is 0. The Bertz CT molecular complexity index is 741. The number of nitrogens with two attached hydrogens (primary N) is 1. The number of fused-ring (bicyclic) bond motifs is 1. The molecule has 0 fully saturated rings. The Morgan fingerprint density at radius 3 is 2.37 bits per heavy atom. The zero-order chi connectivity index (χ0) is 13.6. The van der Waals surface area contributed by atoms with Gasteiger partial charge in [-0.25, -0.2) is 0 Å². The highest BCUT2D eigenvalue weighted by atomic mass is 35.5. The van der Waals surface area contributed by atoms with Crippen LogP contribution in [-0.4, -0.2) is 15.0 Å². The van der Waals surface area contributed by atoms with Crippen molar-refractivity contribution < 1.29 is 0 Å². The molecule has 19 heavy (non-hydrogen) atoms. The van der Waals surface area contributed by atoms with Gasteiger partial charge in [0.15, 0.2) is 0 Å². The van der Waals surface area contributed by atoms with E-state index in [1.54, 1.807) is 12.1 Å². The number of rotatable bonds is 1. The number of hydrogen-bond acceptors (Lipinski definition) is 3. The lowest BCUT2D eigenvalue weighted by atomic mass is 10.2. The van der Waals surface area contributed by atoms with Crippen LogP contribution in [0.3, 0.4) is 0 Å². The van der Waals surface area contributed by atoms with Crippen LogP contribution in [-0.2, 0) is 0 Å². The zero-order valence-corrected chi connectivity index (χ0v) is 11.6. The molecule has 3 aromatic rings. The molecule has 3 rings (SSSR count). The number of aromatic nitrogens is 3. The maximum atomic E-state index is 6.10. The molecule has 1 heterocycles. The molecule has 0 aliphatic carbocycles. The zero-order valence-electron chi connectivity index (χ0n) is 10.1. The molecule has 6 heteroatoms. The van der Waals surface area contributed by atoms with Crippen LogP contribution in [0, 0.1) is 6.92 Å². The summed E-state index contributed by atoms with van der Waals surface area (Å²) < 4.78 is 0. The summed E-state index contributed by atoms with van der Waals surface area (Å²) in [6, 6.07) is 9.06. The smallest absolute Gasteiger partial charge is 0.115 e. The van der Waals surface area contributed by atoms with E-state index in [4.69, 9.17) is 28.9 Å². The summed E-state index contributed by atoms with van der Waals surface area (Å²) in [7, 11) is 0. The van der Waals surface area contributed by atoms with Crippen LogP contribution in [0.2, 0.25) is 10.0 Å². The van der Waals surface area contributed by atoms with Crippen molar-refractivity contribution in [2.24, 2.45) is 0 Å². The van der Waals surface area contributed by atoms with E-state index in [2.05, 4.69) is 10.2 Å². The van der Waals surface area contributed by atoms with Crippen molar-refractivity contribution in [2.75, 3.05) is 5.73 Å². The van der Waals surface area contributed by atoms with Crippen molar-refractivity contribution in [1.29, 1.82) is 0 Å². The normalized spacial score (nSPS) is 11.1. The maximum Gasteiger partial charge on any atom is 0.115 e. The number of halogens is 2. The molecule has 0 aliphatic heterocycles. The highest BCUT2D eigenvalue weighted by molar-refractivity contribution is 6.33. The number of nitrogen functional groups attached to an aromatic ring is 1. The molecule has 0 radical (unpaired) electrons. The molecule has 0 spiro atoms. The molecule has 0 bridgehead atoms. The molecular formula is C13H10Cl2N4. The van der Waals surface area contributed by atoms with Crippen molar-refractivity contribution >= 4 is 39.9 Å². The fourth-order valence-electron chi connectivity index (χ4n) is 1.78. The minimum atomic E-state index is 0.474. The SMILES string of the molecule is Cc1ccc(-n2nc3cc(N)c(Cl)cc3n2)cc1Cl. The molecule has 0 saturated heterocycles. The van der Waals surface area contributed by atoms with E-state index < -0.39 is 0 Å². The summed E-state index contributed by atoms with van der Waals surface area (Å²) in [5.74, 6) is 0. The second-order valence-corrected chi connectivity index (χ2v) is 5.10. The third-order valence-corrected chi connectivity index (χ3v) is 3.62. The van der Waals surface area contributed by atoms with E-state index in [1.807, 2.05) is 25.1 Å². The minimum Gasteiger partial charge on any atom is -0.397 e. The molecular weight excluding hydrogens is 283 g/mol. The minimum absolute atomic E-state index is 0.474. The Balaban J connectivity index is 2.17. The van der Waals surface area contributed by atoms with E-state index in [9.17, 15) is 0 Å². The van der Waals surface area contributed by atoms with Gasteiger partial charge in [0.25, 0.3) is 0 Å². The first-order chi connectivity index (χ1) is 9.04. The Hall–Kier alpha value is -1.78. The Kier molecular flexibility index (Phi) is 2.84. The van der Waals surface area contributed by atoms with Crippen LogP contribution in [0.15, 0.2) is 30.3 Å². The van der Waals surface area contributed by atoms with Gasteiger partial charge in [-0.05, 0) is 36.8 Å². The van der Waals surface area contributed by atoms with Gasteiger partial charge in [-0.15, -0.1) is 10.2 Å². The van der Waals surface area contributed by atoms with Gasteiger partial charge in [0.05, 0.1) is 16.4 Å². The summed E-state index contributed by atoms with van der Waals surface area (Å²) in [6.45, 7) is 1.94. The van der Waals surface area contributed by atoms with Crippen LogP contribution in [0.1, 0.15) is 5.56 Å². The van der Waals surface area contributed by atoms with E-state index in [0.29, 0.717) is 26.8 Å². The lowest BCUT2D eigenvalue weighted by Gasteiger charge is -2.01. The van der Waals surface area contributed by atoms with Gasteiger partial charge in [0.1, 0.15) is 11.0 Å². The quantitative estimate of drug-likeness (QED) is 0.697. The summed E-state index contributed by atoms with van der Waals surface area (Å²) in [5, 5.41) is 9.88. The molecule has 0 saturated carbocycles. The summed E-state index contributed by atoms with van der Waals surface area (Å²) in [4.78, 5) is 1.52. The fraction of sp³-hybridized carbons (Fsp3) is 0.0769. The molecule has 1 aromatic heterocycles. The molecule has 96 valence electrons. The molecule has 4 nitrogen and oxygen atoms in total. The fourth-order valence-corrected chi connectivity index (χ4v) is 2.11. The monoisotopic (exact) mass is 292 g/mol. The lowest BCUT2D eigenvalue weighted by Crippen LogP contribution is -1.98. The largest absolute Gasteiger partial charge is 0.397 e. The van der Waals surface area contributed by atoms with Crippen molar-refractivity contribution in [3.63, 3.8) is 0 Å². The van der Waals surface area contributed by atoms with Gasteiger partial charge in [0.2, 0.25) is 0 Å². The maximum absolute atomic E-state index is 6.10. The van der Waals surface area contributed by atoms with E-state index in [0.717, 1.165) is 11.3 Å². The van der Waals surface area contributed by atoms with E-state index in [1.165, 1.54) is 4.80 Å². The van der Waals surface area contributed by atoms with Crippen LogP contribution in [0.25, 0.3) is 16.7 Å². The first-order valence-corrected chi connectivity index (χ1v) is 6.39.